The van der Waals surface area contributed by atoms with Crippen molar-refractivity contribution in [3.63, 3.8) is 0 Å². The van der Waals surface area contributed by atoms with Crippen molar-refractivity contribution in [3.8, 4) is 0 Å². The van der Waals surface area contributed by atoms with Gasteiger partial charge < -0.3 is 15.5 Å². The summed E-state index contributed by atoms with van der Waals surface area (Å²) in [6.45, 7) is 2.98. The lowest BCUT2D eigenvalue weighted by Gasteiger charge is -2.32. The molecule has 2 N–H and O–H groups in total. The summed E-state index contributed by atoms with van der Waals surface area (Å²) in [4.78, 5) is 18.5. The number of likely N-dealkylation sites (tertiary alicyclic amines) is 1. The molecule has 132 valence electrons. The number of amides is 2. The molecule has 1 aliphatic rings. The van der Waals surface area contributed by atoms with Crippen LogP contribution in [0, 0.1) is 5.82 Å². The van der Waals surface area contributed by atoms with E-state index >= 15 is 0 Å². The maximum atomic E-state index is 12.9. The first-order valence-electron chi connectivity index (χ1n) is 8.63. The third kappa shape index (κ3) is 5.53. The van der Waals surface area contributed by atoms with Gasteiger partial charge in [0.15, 0.2) is 0 Å². The van der Waals surface area contributed by atoms with Crippen LogP contribution in [-0.4, -0.2) is 41.6 Å². The van der Waals surface area contributed by atoms with Crippen molar-refractivity contribution >= 4 is 11.7 Å². The second kappa shape index (κ2) is 8.58. The second-order valence-corrected chi connectivity index (χ2v) is 6.33. The molecule has 25 heavy (non-hydrogen) atoms. The highest BCUT2D eigenvalue weighted by atomic mass is 19.1. The maximum absolute atomic E-state index is 12.9. The topological polar surface area (TPSA) is 57.3 Å². The third-order valence-electron chi connectivity index (χ3n) is 4.49. The van der Waals surface area contributed by atoms with Crippen LogP contribution in [0.25, 0.3) is 0 Å². The van der Waals surface area contributed by atoms with Crippen LogP contribution in [0.5, 0.6) is 0 Å². The van der Waals surface area contributed by atoms with E-state index in [0.29, 0.717) is 5.69 Å². The maximum Gasteiger partial charge on any atom is 0.319 e. The number of rotatable bonds is 5. The average Bonchev–Trinajstić information content (AvgIpc) is 2.64. The summed E-state index contributed by atoms with van der Waals surface area (Å²) in [5.74, 6) is -0.315. The summed E-state index contributed by atoms with van der Waals surface area (Å²) < 4.78 is 12.9. The number of hydrogen-bond acceptors (Lipinski definition) is 3. The summed E-state index contributed by atoms with van der Waals surface area (Å²) in [5.41, 5.74) is 1.89. The third-order valence-corrected chi connectivity index (χ3v) is 4.49. The Morgan fingerprint density at radius 2 is 1.80 bits per heavy atom. The van der Waals surface area contributed by atoms with E-state index in [9.17, 15) is 9.18 Å². The molecule has 3 rings (SSSR count). The number of anilines is 1. The van der Waals surface area contributed by atoms with Gasteiger partial charge in [-0.1, -0.05) is 0 Å². The number of nitrogens with one attached hydrogen (secondary N) is 2. The molecule has 1 aliphatic heterocycles. The number of aromatic nitrogens is 1. The molecule has 2 aromatic rings. The lowest BCUT2D eigenvalue weighted by Crippen LogP contribution is -2.46. The Bertz CT molecular complexity index is 670. The zero-order valence-electron chi connectivity index (χ0n) is 14.1. The van der Waals surface area contributed by atoms with Gasteiger partial charge >= 0.3 is 6.03 Å². The van der Waals surface area contributed by atoms with E-state index in [0.717, 1.165) is 38.9 Å². The zero-order chi connectivity index (χ0) is 17.5. The van der Waals surface area contributed by atoms with Gasteiger partial charge in [0, 0.05) is 43.8 Å². The van der Waals surface area contributed by atoms with E-state index in [1.807, 2.05) is 24.5 Å². The minimum absolute atomic E-state index is 0.178. The summed E-state index contributed by atoms with van der Waals surface area (Å²) in [6.07, 6.45) is 6.54. The van der Waals surface area contributed by atoms with Crippen LogP contribution in [0.3, 0.4) is 0 Å². The molecule has 0 aliphatic carbocycles. The smallest absolute Gasteiger partial charge is 0.319 e. The highest BCUT2D eigenvalue weighted by molar-refractivity contribution is 5.89. The molecule has 0 atom stereocenters. The molecule has 0 bridgehead atoms. The van der Waals surface area contributed by atoms with Gasteiger partial charge in [-0.05, 0) is 61.2 Å². The quantitative estimate of drug-likeness (QED) is 0.878. The van der Waals surface area contributed by atoms with Crippen LogP contribution < -0.4 is 10.6 Å². The molecule has 1 fully saturated rings. The fraction of sp³-hybridized carbons (Fsp3) is 0.368. The minimum atomic E-state index is -0.315. The fourth-order valence-electron chi connectivity index (χ4n) is 3.02. The molecule has 2 amide bonds. The van der Waals surface area contributed by atoms with Crippen molar-refractivity contribution in [3.05, 3.63) is 60.2 Å². The zero-order valence-corrected chi connectivity index (χ0v) is 14.1. The summed E-state index contributed by atoms with van der Waals surface area (Å²) in [7, 11) is 0. The van der Waals surface area contributed by atoms with Crippen molar-refractivity contribution < 1.29 is 9.18 Å². The van der Waals surface area contributed by atoms with Crippen molar-refractivity contribution in [2.45, 2.75) is 25.3 Å². The van der Waals surface area contributed by atoms with Gasteiger partial charge in [-0.15, -0.1) is 0 Å². The average molecular weight is 342 g/mol. The number of nitrogens with zero attached hydrogens (tertiary/aromatic N) is 2. The van der Waals surface area contributed by atoms with Gasteiger partial charge in [0.05, 0.1) is 0 Å². The molecule has 0 unspecified atom stereocenters. The molecule has 2 heterocycles. The Hall–Kier alpha value is -2.47. The van der Waals surface area contributed by atoms with Crippen molar-refractivity contribution in [2.24, 2.45) is 0 Å². The Morgan fingerprint density at radius 1 is 1.12 bits per heavy atom. The Kier molecular flexibility index (Phi) is 5.95. The van der Waals surface area contributed by atoms with Crippen LogP contribution in [0.15, 0.2) is 48.8 Å². The first kappa shape index (κ1) is 17.4. The molecule has 6 heteroatoms. The summed E-state index contributed by atoms with van der Waals surface area (Å²) in [6, 6.07) is 9.81. The van der Waals surface area contributed by atoms with Gasteiger partial charge in [0.25, 0.3) is 0 Å². The number of halogens is 1. The first-order valence-corrected chi connectivity index (χ1v) is 8.63. The molecular formula is C19H23FN4O. The molecule has 0 saturated carbocycles. The highest BCUT2D eigenvalue weighted by Crippen LogP contribution is 2.12. The van der Waals surface area contributed by atoms with Crippen molar-refractivity contribution in [2.75, 3.05) is 25.0 Å². The van der Waals surface area contributed by atoms with Gasteiger partial charge in [-0.3, -0.25) is 4.98 Å². The summed E-state index contributed by atoms with van der Waals surface area (Å²) in [5, 5.41) is 5.74. The van der Waals surface area contributed by atoms with E-state index in [4.69, 9.17) is 0 Å². The van der Waals surface area contributed by atoms with E-state index in [1.54, 1.807) is 12.1 Å². The Morgan fingerprint density at radius 3 is 2.48 bits per heavy atom. The largest absolute Gasteiger partial charge is 0.335 e. The van der Waals surface area contributed by atoms with Gasteiger partial charge in [0.2, 0.25) is 0 Å². The number of benzene rings is 1. The molecule has 5 nitrogen and oxygen atoms in total. The number of hydrogen-bond donors (Lipinski definition) is 2. The standard InChI is InChI=1S/C19H23FN4O/c20-16-1-3-17(4-2-16)22-19(25)23-18-8-13-24(14-9-18)12-7-15-5-10-21-11-6-15/h1-6,10-11,18H,7-9,12-14H2,(H2,22,23,25). The lowest BCUT2D eigenvalue weighted by molar-refractivity contribution is 0.197. The molecular weight excluding hydrogens is 319 g/mol. The van der Waals surface area contributed by atoms with Crippen LogP contribution in [0.4, 0.5) is 14.9 Å². The summed E-state index contributed by atoms with van der Waals surface area (Å²) >= 11 is 0. The lowest BCUT2D eigenvalue weighted by atomic mass is 10.0. The Labute approximate surface area is 147 Å². The van der Waals surface area contributed by atoms with Gasteiger partial charge in [0.1, 0.15) is 5.82 Å². The number of piperidine rings is 1. The van der Waals surface area contributed by atoms with Crippen molar-refractivity contribution in [1.29, 1.82) is 0 Å². The first-order chi connectivity index (χ1) is 12.2. The number of urea groups is 1. The van der Waals surface area contributed by atoms with Crippen LogP contribution >= 0.6 is 0 Å². The fourth-order valence-corrected chi connectivity index (χ4v) is 3.02. The van der Waals surface area contributed by atoms with Crippen LogP contribution in [0.2, 0.25) is 0 Å². The number of carbonyl (C=O) groups is 1. The predicted molar refractivity (Wildman–Crippen MR) is 96.0 cm³/mol. The predicted octanol–water partition coefficient (Wildman–Crippen LogP) is 3.05. The minimum Gasteiger partial charge on any atom is -0.335 e. The van der Waals surface area contributed by atoms with E-state index in [2.05, 4.69) is 20.5 Å². The van der Waals surface area contributed by atoms with Crippen LogP contribution in [-0.2, 0) is 6.42 Å². The monoisotopic (exact) mass is 342 g/mol. The SMILES string of the molecule is O=C(Nc1ccc(F)cc1)NC1CCN(CCc2ccncc2)CC1. The number of carbonyl (C=O) groups excluding carboxylic acids is 1. The van der Waals surface area contributed by atoms with Gasteiger partial charge in [-0.2, -0.15) is 0 Å². The van der Waals surface area contributed by atoms with E-state index in [1.165, 1.54) is 17.7 Å². The van der Waals surface area contributed by atoms with Crippen LogP contribution in [0.1, 0.15) is 18.4 Å². The van der Waals surface area contributed by atoms with Crippen molar-refractivity contribution in [1.82, 2.24) is 15.2 Å². The molecule has 1 aromatic carbocycles. The number of pyridine rings is 1. The van der Waals surface area contributed by atoms with E-state index < -0.39 is 0 Å². The molecule has 1 saturated heterocycles. The van der Waals surface area contributed by atoms with E-state index in [-0.39, 0.29) is 17.9 Å². The molecule has 1 aromatic heterocycles. The molecule has 0 radical (unpaired) electrons. The molecule has 0 spiro atoms. The van der Waals surface area contributed by atoms with Gasteiger partial charge in [-0.25, -0.2) is 9.18 Å². The second-order valence-electron chi connectivity index (χ2n) is 6.33. The normalized spacial score (nSPS) is 15.7. The highest BCUT2D eigenvalue weighted by Gasteiger charge is 2.20. The Balaban J connectivity index is 1.37.